The maximum absolute atomic E-state index is 13.1. The zero-order valence-electron chi connectivity index (χ0n) is 19.3. The van der Waals surface area contributed by atoms with E-state index >= 15 is 0 Å². The van der Waals surface area contributed by atoms with Gasteiger partial charge in [-0.2, -0.15) is 4.31 Å². The molecule has 0 saturated carbocycles. The van der Waals surface area contributed by atoms with Gasteiger partial charge in [0.2, 0.25) is 10.0 Å². The van der Waals surface area contributed by atoms with Gasteiger partial charge >= 0.3 is 5.97 Å². The van der Waals surface area contributed by atoms with E-state index in [1.54, 1.807) is 0 Å². The largest absolute Gasteiger partial charge is 0.452 e. The molecular formula is C24H30N2O6S. The Bertz CT molecular complexity index is 1120. The molecule has 0 spiro atoms. The number of nitrogens with zero attached hydrogens (tertiary/aromatic N) is 1. The van der Waals surface area contributed by atoms with Crippen LogP contribution in [0.25, 0.3) is 0 Å². The Hall–Kier alpha value is -2.75. The van der Waals surface area contributed by atoms with Crippen LogP contribution in [0.1, 0.15) is 42.3 Å². The number of carbonyl (C=O) groups is 2. The highest BCUT2D eigenvalue weighted by molar-refractivity contribution is 7.89. The van der Waals surface area contributed by atoms with E-state index in [2.05, 4.69) is 5.32 Å². The van der Waals surface area contributed by atoms with Crippen molar-refractivity contribution >= 4 is 27.6 Å². The third kappa shape index (κ3) is 5.98. The molecule has 8 nitrogen and oxygen atoms in total. The van der Waals surface area contributed by atoms with E-state index in [9.17, 15) is 18.0 Å². The number of carbonyl (C=O) groups excluding carboxylic acids is 2. The van der Waals surface area contributed by atoms with Crippen LogP contribution in [-0.4, -0.2) is 56.5 Å². The third-order valence-electron chi connectivity index (χ3n) is 5.43. The topological polar surface area (TPSA) is 102 Å². The zero-order valence-corrected chi connectivity index (χ0v) is 20.1. The third-order valence-corrected chi connectivity index (χ3v) is 7.26. The van der Waals surface area contributed by atoms with Gasteiger partial charge in [-0.1, -0.05) is 31.2 Å². The number of sulfonamides is 1. The van der Waals surface area contributed by atoms with Gasteiger partial charge in [-0.25, -0.2) is 13.2 Å². The van der Waals surface area contributed by atoms with Crippen molar-refractivity contribution < 1.29 is 27.5 Å². The number of hydrogen-bond acceptors (Lipinski definition) is 6. The van der Waals surface area contributed by atoms with E-state index in [1.807, 2.05) is 45.9 Å². The van der Waals surface area contributed by atoms with Crippen molar-refractivity contribution in [3.63, 3.8) is 0 Å². The molecule has 1 saturated heterocycles. The number of anilines is 1. The molecular weight excluding hydrogens is 444 g/mol. The van der Waals surface area contributed by atoms with Gasteiger partial charge in [-0.05, 0) is 56.5 Å². The van der Waals surface area contributed by atoms with Gasteiger partial charge in [0.25, 0.3) is 5.91 Å². The van der Waals surface area contributed by atoms with Crippen LogP contribution in [0, 0.1) is 6.92 Å². The summed E-state index contributed by atoms with van der Waals surface area (Å²) in [4.78, 5) is 24.9. The number of morpholine rings is 1. The lowest BCUT2D eigenvalue weighted by Gasteiger charge is -2.34. The van der Waals surface area contributed by atoms with E-state index in [0.717, 1.165) is 17.5 Å². The minimum absolute atomic E-state index is 0.00444. The van der Waals surface area contributed by atoms with Crippen LogP contribution >= 0.6 is 0 Å². The van der Waals surface area contributed by atoms with Crippen LogP contribution in [-0.2, 0) is 30.7 Å². The van der Waals surface area contributed by atoms with Crippen LogP contribution in [0.3, 0.4) is 0 Å². The van der Waals surface area contributed by atoms with Crippen molar-refractivity contribution in [2.75, 3.05) is 25.0 Å². The standard InChI is InChI=1S/C24H30N2O6S/c1-5-19-9-6-8-16(2)23(19)25-22(27)15-31-24(28)20-10-7-11-21(12-20)33(29,30)26-13-17(3)32-18(4)14-26/h6-12,17-18H,5,13-15H2,1-4H3,(H,25,27). The van der Waals surface area contributed by atoms with Gasteiger partial charge in [0.1, 0.15) is 0 Å². The summed E-state index contributed by atoms with van der Waals surface area (Å²) >= 11 is 0. The predicted molar refractivity (Wildman–Crippen MR) is 125 cm³/mol. The number of hydrogen-bond donors (Lipinski definition) is 1. The average Bonchev–Trinajstić information content (AvgIpc) is 2.78. The van der Waals surface area contributed by atoms with Crippen LogP contribution in [0.15, 0.2) is 47.4 Å². The molecule has 0 radical (unpaired) electrons. The second-order valence-corrected chi connectivity index (χ2v) is 10.1. The zero-order chi connectivity index (χ0) is 24.2. The number of aryl methyl sites for hydroxylation is 2. The molecule has 1 aliphatic rings. The Kier molecular flexibility index (Phi) is 7.88. The molecule has 2 aromatic rings. The van der Waals surface area contributed by atoms with Gasteiger partial charge in [0.05, 0.1) is 22.7 Å². The monoisotopic (exact) mass is 474 g/mol. The van der Waals surface area contributed by atoms with E-state index in [1.165, 1.54) is 28.6 Å². The molecule has 1 amide bonds. The molecule has 2 aromatic carbocycles. The first-order valence-electron chi connectivity index (χ1n) is 10.9. The number of esters is 1. The fourth-order valence-corrected chi connectivity index (χ4v) is 5.49. The summed E-state index contributed by atoms with van der Waals surface area (Å²) in [5.74, 6) is -1.24. The number of nitrogens with one attached hydrogen (secondary N) is 1. The van der Waals surface area contributed by atoms with Crippen LogP contribution < -0.4 is 5.32 Å². The molecule has 33 heavy (non-hydrogen) atoms. The van der Waals surface area contributed by atoms with Crippen molar-refractivity contribution in [1.82, 2.24) is 4.31 Å². The lowest BCUT2D eigenvalue weighted by atomic mass is 10.1. The molecule has 0 aromatic heterocycles. The summed E-state index contributed by atoms with van der Waals surface area (Å²) in [7, 11) is -3.80. The van der Waals surface area contributed by atoms with E-state index < -0.39 is 28.5 Å². The summed E-state index contributed by atoms with van der Waals surface area (Å²) in [5, 5.41) is 2.79. The molecule has 3 rings (SSSR count). The minimum Gasteiger partial charge on any atom is -0.452 e. The maximum Gasteiger partial charge on any atom is 0.338 e. The highest BCUT2D eigenvalue weighted by atomic mass is 32.2. The van der Waals surface area contributed by atoms with Gasteiger partial charge in [0, 0.05) is 18.8 Å². The Morgan fingerprint density at radius 2 is 1.79 bits per heavy atom. The number of rotatable bonds is 7. The van der Waals surface area contributed by atoms with Crippen LogP contribution in [0.4, 0.5) is 5.69 Å². The van der Waals surface area contributed by atoms with Gasteiger partial charge in [-0.15, -0.1) is 0 Å². The fourth-order valence-electron chi connectivity index (χ4n) is 3.85. The molecule has 1 fully saturated rings. The lowest BCUT2D eigenvalue weighted by molar-refractivity contribution is -0.119. The molecule has 1 N–H and O–H groups in total. The number of amides is 1. The van der Waals surface area contributed by atoms with E-state index in [4.69, 9.17) is 9.47 Å². The molecule has 178 valence electrons. The Morgan fingerprint density at radius 3 is 2.45 bits per heavy atom. The Balaban J connectivity index is 1.67. The van der Waals surface area contributed by atoms with Crippen molar-refractivity contribution in [2.24, 2.45) is 0 Å². The quantitative estimate of drug-likeness (QED) is 0.619. The second-order valence-electron chi connectivity index (χ2n) is 8.19. The molecule has 0 aliphatic carbocycles. The maximum atomic E-state index is 13.1. The van der Waals surface area contributed by atoms with Crippen LogP contribution in [0.2, 0.25) is 0 Å². The first kappa shape index (κ1) is 24.9. The second kappa shape index (κ2) is 10.5. The van der Waals surface area contributed by atoms with Crippen LogP contribution in [0.5, 0.6) is 0 Å². The smallest absolute Gasteiger partial charge is 0.338 e. The number of para-hydroxylation sites is 1. The van der Waals surface area contributed by atoms with Crippen molar-refractivity contribution in [3.8, 4) is 0 Å². The number of benzene rings is 2. The molecule has 1 aliphatic heterocycles. The summed E-state index contributed by atoms with van der Waals surface area (Å²) in [6.45, 7) is 7.51. The number of ether oxygens (including phenoxy) is 2. The molecule has 0 bridgehead atoms. The van der Waals surface area contributed by atoms with Crippen molar-refractivity contribution in [2.45, 2.75) is 51.2 Å². The SMILES string of the molecule is CCc1cccc(C)c1NC(=O)COC(=O)c1cccc(S(=O)(=O)N2CC(C)OC(C)C2)c1. The van der Waals surface area contributed by atoms with Gasteiger partial charge in [-0.3, -0.25) is 4.79 Å². The summed E-state index contributed by atoms with van der Waals surface area (Å²) in [6.07, 6.45) is 0.298. The fraction of sp³-hybridized carbons (Fsp3) is 0.417. The minimum atomic E-state index is -3.80. The molecule has 2 atom stereocenters. The molecule has 1 heterocycles. The summed E-state index contributed by atoms with van der Waals surface area (Å²) in [5.41, 5.74) is 2.67. The first-order valence-corrected chi connectivity index (χ1v) is 12.4. The Morgan fingerprint density at radius 1 is 1.12 bits per heavy atom. The molecule has 9 heteroatoms. The summed E-state index contributed by atoms with van der Waals surface area (Å²) in [6, 6.07) is 11.4. The van der Waals surface area contributed by atoms with Gasteiger partial charge in [0.15, 0.2) is 6.61 Å². The normalized spacial score (nSPS) is 19.2. The van der Waals surface area contributed by atoms with E-state index in [-0.39, 0.29) is 35.8 Å². The van der Waals surface area contributed by atoms with Crippen molar-refractivity contribution in [1.29, 1.82) is 0 Å². The van der Waals surface area contributed by atoms with Gasteiger partial charge < -0.3 is 14.8 Å². The molecule has 2 unspecified atom stereocenters. The lowest BCUT2D eigenvalue weighted by Crippen LogP contribution is -2.48. The highest BCUT2D eigenvalue weighted by Gasteiger charge is 2.32. The first-order chi connectivity index (χ1) is 15.6. The van der Waals surface area contributed by atoms with Crippen molar-refractivity contribution in [3.05, 3.63) is 59.2 Å². The highest BCUT2D eigenvalue weighted by Crippen LogP contribution is 2.23. The summed E-state index contributed by atoms with van der Waals surface area (Å²) < 4.78 is 38.2. The Labute approximate surface area is 194 Å². The average molecular weight is 475 g/mol. The van der Waals surface area contributed by atoms with E-state index in [0.29, 0.717) is 5.69 Å². The predicted octanol–water partition coefficient (Wildman–Crippen LogP) is 3.15.